The number of carbonyl (C=O) groups is 1. The van der Waals surface area contributed by atoms with Crippen molar-refractivity contribution in [2.24, 2.45) is 0 Å². The summed E-state index contributed by atoms with van der Waals surface area (Å²) in [4.78, 5) is 36.1. The van der Waals surface area contributed by atoms with Crippen molar-refractivity contribution in [2.45, 2.75) is 25.8 Å². The van der Waals surface area contributed by atoms with Gasteiger partial charge in [-0.3, -0.25) is 9.59 Å². The molecule has 2 aromatic heterocycles. The summed E-state index contributed by atoms with van der Waals surface area (Å²) in [5.41, 5.74) is 3.59. The molecular weight excluding hydrogens is 384 g/mol. The van der Waals surface area contributed by atoms with Crippen LogP contribution in [0.15, 0.2) is 64.8 Å². The molecule has 4 rings (SSSR count). The van der Waals surface area contributed by atoms with Crippen LogP contribution in [0.25, 0.3) is 11.0 Å². The van der Waals surface area contributed by atoms with Gasteiger partial charge in [0.05, 0.1) is 28.3 Å². The van der Waals surface area contributed by atoms with E-state index in [0.29, 0.717) is 24.2 Å². The van der Waals surface area contributed by atoms with Gasteiger partial charge in [0, 0.05) is 24.6 Å². The van der Waals surface area contributed by atoms with Crippen LogP contribution in [0.4, 0.5) is 0 Å². The first-order valence-electron chi connectivity index (χ1n) is 9.39. The number of benzene rings is 2. The van der Waals surface area contributed by atoms with Crippen LogP contribution in [-0.2, 0) is 24.2 Å². The molecule has 0 aliphatic carbocycles. The molecule has 0 aliphatic heterocycles. The fourth-order valence-corrected chi connectivity index (χ4v) is 3.86. The minimum Gasteiger partial charge on any atom is -0.350 e. The third-order valence-electron chi connectivity index (χ3n) is 4.52. The van der Waals surface area contributed by atoms with Crippen LogP contribution in [0.5, 0.6) is 0 Å². The molecule has 1 amide bonds. The number of hydrogen-bond acceptors (Lipinski definition) is 5. The maximum absolute atomic E-state index is 12.2. The summed E-state index contributed by atoms with van der Waals surface area (Å²) in [6, 6.07) is 17.5. The SMILES string of the molecule is O=C(CCc1nc2ccccc2[nH]c1=O)NCc1csc(Cc2ccccc2)n1. The van der Waals surface area contributed by atoms with Crippen LogP contribution < -0.4 is 10.9 Å². The van der Waals surface area contributed by atoms with Crippen molar-refractivity contribution in [1.29, 1.82) is 0 Å². The summed E-state index contributed by atoms with van der Waals surface area (Å²) in [5, 5.41) is 5.86. The highest BCUT2D eigenvalue weighted by Gasteiger charge is 2.09. The van der Waals surface area contributed by atoms with Gasteiger partial charge in [0.25, 0.3) is 5.56 Å². The van der Waals surface area contributed by atoms with Crippen LogP contribution in [0.2, 0.25) is 0 Å². The Morgan fingerprint density at radius 3 is 2.69 bits per heavy atom. The highest BCUT2D eigenvalue weighted by molar-refractivity contribution is 7.09. The summed E-state index contributed by atoms with van der Waals surface area (Å²) in [7, 11) is 0. The van der Waals surface area contributed by atoms with E-state index in [4.69, 9.17) is 0 Å². The predicted octanol–water partition coefficient (Wildman–Crippen LogP) is 3.22. The lowest BCUT2D eigenvalue weighted by Crippen LogP contribution is -2.25. The summed E-state index contributed by atoms with van der Waals surface area (Å²) >= 11 is 1.59. The van der Waals surface area contributed by atoms with Crippen LogP contribution in [0, 0.1) is 0 Å². The average Bonchev–Trinajstić information content (AvgIpc) is 3.18. The van der Waals surface area contributed by atoms with Gasteiger partial charge in [-0.05, 0) is 17.7 Å². The molecule has 0 radical (unpaired) electrons. The summed E-state index contributed by atoms with van der Waals surface area (Å²) in [5.74, 6) is -0.128. The van der Waals surface area contributed by atoms with Crippen LogP contribution >= 0.6 is 11.3 Å². The molecule has 4 aromatic rings. The molecule has 0 bridgehead atoms. The van der Waals surface area contributed by atoms with E-state index in [0.717, 1.165) is 22.6 Å². The first-order valence-corrected chi connectivity index (χ1v) is 10.3. The molecule has 0 spiro atoms. The van der Waals surface area contributed by atoms with Gasteiger partial charge in [-0.1, -0.05) is 42.5 Å². The Balaban J connectivity index is 1.29. The third-order valence-corrected chi connectivity index (χ3v) is 5.42. The standard InChI is InChI=1S/C22H20N4O2S/c27-20(11-10-19-22(28)26-18-9-5-4-8-17(18)25-19)23-13-16-14-29-21(24-16)12-15-6-2-1-3-7-15/h1-9,14H,10-13H2,(H,23,27)(H,26,28). The van der Waals surface area contributed by atoms with Crippen molar-refractivity contribution in [3.8, 4) is 0 Å². The lowest BCUT2D eigenvalue weighted by Gasteiger charge is -2.04. The highest BCUT2D eigenvalue weighted by Crippen LogP contribution is 2.14. The number of carbonyl (C=O) groups excluding carboxylic acids is 1. The first kappa shape index (κ1) is 19.0. The van der Waals surface area contributed by atoms with Crippen molar-refractivity contribution in [3.63, 3.8) is 0 Å². The number of rotatable bonds is 7. The Bertz CT molecular complexity index is 1180. The Morgan fingerprint density at radius 1 is 1.03 bits per heavy atom. The Kier molecular flexibility index (Phi) is 5.76. The number of para-hydroxylation sites is 2. The smallest absolute Gasteiger partial charge is 0.270 e. The van der Waals surface area contributed by atoms with Crippen molar-refractivity contribution >= 4 is 28.3 Å². The number of thiazole rings is 1. The Hall–Kier alpha value is -3.32. The largest absolute Gasteiger partial charge is 0.350 e. The van der Waals surface area contributed by atoms with Crippen molar-refractivity contribution in [2.75, 3.05) is 0 Å². The molecule has 2 aromatic carbocycles. The molecule has 7 heteroatoms. The van der Waals surface area contributed by atoms with E-state index < -0.39 is 0 Å². The van der Waals surface area contributed by atoms with E-state index in [1.54, 1.807) is 17.4 Å². The number of nitrogens with one attached hydrogen (secondary N) is 2. The lowest BCUT2D eigenvalue weighted by molar-refractivity contribution is -0.121. The fraction of sp³-hybridized carbons (Fsp3) is 0.182. The molecule has 29 heavy (non-hydrogen) atoms. The molecule has 2 N–H and O–H groups in total. The highest BCUT2D eigenvalue weighted by atomic mass is 32.1. The van der Waals surface area contributed by atoms with E-state index in [9.17, 15) is 9.59 Å². The molecule has 2 heterocycles. The quantitative estimate of drug-likeness (QED) is 0.495. The van der Waals surface area contributed by atoms with Gasteiger partial charge in [-0.2, -0.15) is 0 Å². The maximum atomic E-state index is 12.2. The Morgan fingerprint density at radius 2 is 1.83 bits per heavy atom. The number of H-pyrrole nitrogens is 1. The molecule has 146 valence electrons. The molecule has 0 saturated carbocycles. The van der Waals surface area contributed by atoms with Crippen molar-refractivity contribution in [1.82, 2.24) is 20.3 Å². The van der Waals surface area contributed by atoms with Crippen LogP contribution in [0.3, 0.4) is 0 Å². The van der Waals surface area contributed by atoms with Gasteiger partial charge in [-0.15, -0.1) is 11.3 Å². The second-order valence-corrected chi connectivity index (χ2v) is 7.64. The monoisotopic (exact) mass is 404 g/mol. The third kappa shape index (κ3) is 4.94. The zero-order valence-electron chi connectivity index (χ0n) is 15.7. The number of hydrogen-bond donors (Lipinski definition) is 2. The second kappa shape index (κ2) is 8.79. The molecule has 0 unspecified atom stereocenters. The van der Waals surface area contributed by atoms with E-state index >= 15 is 0 Å². The molecule has 0 fully saturated rings. The van der Waals surface area contributed by atoms with Crippen molar-refractivity contribution in [3.05, 3.63) is 92.3 Å². The van der Waals surface area contributed by atoms with Gasteiger partial charge >= 0.3 is 0 Å². The number of amides is 1. The van der Waals surface area contributed by atoms with Gasteiger partial charge in [0.15, 0.2) is 0 Å². The van der Waals surface area contributed by atoms with Gasteiger partial charge in [0.1, 0.15) is 5.69 Å². The maximum Gasteiger partial charge on any atom is 0.270 e. The zero-order chi connectivity index (χ0) is 20.1. The number of aromatic amines is 1. The van der Waals surface area contributed by atoms with Gasteiger partial charge in [-0.25, -0.2) is 9.97 Å². The summed E-state index contributed by atoms with van der Waals surface area (Å²) in [6.45, 7) is 0.381. The fourth-order valence-electron chi connectivity index (χ4n) is 3.03. The number of fused-ring (bicyclic) bond motifs is 1. The second-order valence-electron chi connectivity index (χ2n) is 6.70. The predicted molar refractivity (Wildman–Crippen MR) is 114 cm³/mol. The molecular formula is C22H20N4O2S. The van der Waals surface area contributed by atoms with Crippen LogP contribution in [-0.4, -0.2) is 20.9 Å². The van der Waals surface area contributed by atoms with Crippen LogP contribution in [0.1, 0.15) is 28.4 Å². The first-order chi connectivity index (χ1) is 14.2. The normalized spacial score (nSPS) is 10.9. The van der Waals surface area contributed by atoms with Gasteiger partial charge in [0.2, 0.25) is 5.91 Å². The minimum absolute atomic E-state index is 0.128. The number of aryl methyl sites for hydroxylation is 1. The summed E-state index contributed by atoms with van der Waals surface area (Å²) in [6.07, 6.45) is 1.29. The number of nitrogens with zero attached hydrogens (tertiary/aromatic N) is 2. The topological polar surface area (TPSA) is 87.7 Å². The van der Waals surface area contributed by atoms with E-state index in [1.807, 2.05) is 41.8 Å². The van der Waals surface area contributed by atoms with E-state index in [-0.39, 0.29) is 17.9 Å². The lowest BCUT2D eigenvalue weighted by atomic mass is 10.2. The average molecular weight is 404 g/mol. The van der Waals surface area contributed by atoms with E-state index in [1.165, 1.54) is 5.56 Å². The Labute approximate surface area is 171 Å². The molecule has 0 saturated heterocycles. The molecule has 0 atom stereocenters. The molecule has 6 nitrogen and oxygen atoms in total. The van der Waals surface area contributed by atoms with E-state index in [2.05, 4.69) is 32.4 Å². The summed E-state index contributed by atoms with van der Waals surface area (Å²) < 4.78 is 0. The minimum atomic E-state index is -0.249. The van der Waals surface area contributed by atoms with Crippen molar-refractivity contribution < 1.29 is 4.79 Å². The number of aromatic nitrogens is 3. The molecule has 0 aliphatic rings. The zero-order valence-corrected chi connectivity index (χ0v) is 16.5. The van der Waals surface area contributed by atoms with Gasteiger partial charge < -0.3 is 10.3 Å².